The molecule has 0 saturated heterocycles. The van der Waals surface area contributed by atoms with Crippen molar-refractivity contribution in [3.8, 4) is 11.1 Å². The normalized spacial score (nSPS) is 13.1. The zero-order chi connectivity index (χ0) is 29.2. The van der Waals surface area contributed by atoms with E-state index >= 15 is 0 Å². The Hall–Kier alpha value is -4.73. The topological polar surface area (TPSA) is 68.5 Å². The fraction of sp³-hybridized carbons (Fsp3) is 0.194. The summed E-state index contributed by atoms with van der Waals surface area (Å²) in [7, 11) is 1.27. The smallest absolute Gasteiger partial charge is 0.416 e. The fourth-order valence-electron chi connectivity index (χ4n) is 4.94. The van der Waals surface area contributed by atoms with E-state index in [9.17, 15) is 22.4 Å². The molecule has 0 aliphatic heterocycles. The van der Waals surface area contributed by atoms with Gasteiger partial charge in [0.1, 0.15) is 11.2 Å². The first-order chi connectivity index (χ1) is 19.6. The number of alkyl halides is 3. The van der Waals surface area contributed by atoms with Gasteiger partial charge in [0.25, 0.3) is 0 Å². The second kappa shape index (κ2) is 11.0. The molecule has 0 unspecified atom stereocenters. The number of methoxy groups -OCH3 is 1. The standard InChI is InChI=1S/C31H26F4N4O2/c1-30(29(40)41-2,18-20-7-6-8-23(32)17-20)26-15-16-36-28-27(21-11-13-22(14-12-21)31(33,34)35)25(38-39(26)28)19-37-24-9-4-3-5-10-24/h3-17,37H,18-19H2,1-2H3/t30-/m1/s1. The van der Waals surface area contributed by atoms with E-state index in [1.54, 1.807) is 25.1 Å². The second-order valence-electron chi connectivity index (χ2n) is 9.81. The molecule has 3 aromatic carbocycles. The molecule has 0 aliphatic carbocycles. The molecule has 1 N–H and O–H groups in total. The largest absolute Gasteiger partial charge is 0.468 e. The first-order valence-electron chi connectivity index (χ1n) is 12.8. The summed E-state index contributed by atoms with van der Waals surface area (Å²) in [5.41, 5.74) is 1.59. The zero-order valence-electron chi connectivity index (χ0n) is 22.2. The van der Waals surface area contributed by atoms with Crippen LogP contribution in [0, 0.1) is 5.82 Å². The number of esters is 1. The number of halogens is 4. The molecule has 6 nitrogen and oxygen atoms in total. The number of rotatable bonds is 8. The van der Waals surface area contributed by atoms with Crippen molar-refractivity contribution < 1.29 is 27.1 Å². The highest BCUT2D eigenvalue weighted by molar-refractivity contribution is 5.85. The van der Waals surface area contributed by atoms with Gasteiger partial charge < -0.3 is 10.1 Å². The number of hydrogen-bond donors (Lipinski definition) is 1. The number of fused-ring (bicyclic) bond motifs is 1. The van der Waals surface area contributed by atoms with E-state index < -0.39 is 28.9 Å². The zero-order valence-corrected chi connectivity index (χ0v) is 22.2. The third kappa shape index (κ3) is 5.63. The molecule has 0 saturated carbocycles. The predicted octanol–water partition coefficient (Wildman–Crippen LogP) is 6.84. The van der Waals surface area contributed by atoms with Gasteiger partial charge in [-0.2, -0.15) is 18.3 Å². The van der Waals surface area contributed by atoms with Gasteiger partial charge in [0.05, 0.1) is 36.2 Å². The van der Waals surface area contributed by atoms with E-state index in [1.807, 2.05) is 30.3 Å². The second-order valence-corrected chi connectivity index (χ2v) is 9.81. The number of anilines is 1. The maximum Gasteiger partial charge on any atom is 0.416 e. The average molecular weight is 563 g/mol. The summed E-state index contributed by atoms with van der Waals surface area (Å²) in [6.07, 6.45) is -2.87. The number of hydrogen-bond acceptors (Lipinski definition) is 5. The first kappa shape index (κ1) is 27.8. The Bertz CT molecular complexity index is 1680. The van der Waals surface area contributed by atoms with E-state index in [4.69, 9.17) is 9.84 Å². The Morgan fingerprint density at radius 3 is 2.37 bits per heavy atom. The molecule has 0 bridgehead atoms. The molecule has 0 spiro atoms. The molecule has 0 fully saturated rings. The number of nitrogens with zero attached hydrogens (tertiary/aromatic N) is 3. The van der Waals surface area contributed by atoms with Gasteiger partial charge in [-0.1, -0.05) is 42.5 Å². The highest BCUT2D eigenvalue weighted by atomic mass is 19.4. The summed E-state index contributed by atoms with van der Waals surface area (Å²) in [4.78, 5) is 17.8. The van der Waals surface area contributed by atoms with E-state index in [0.29, 0.717) is 33.7 Å². The lowest BCUT2D eigenvalue weighted by molar-refractivity contribution is -0.147. The van der Waals surface area contributed by atoms with Crippen molar-refractivity contribution in [1.82, 2.24) is 14.6 Å². The third-order valence-electron chi connectivity index (χ3n) is 6.97. The Morgan fingerprint density at radius 1 is 0.976 bits per heavy atom. The monoisotopic (exact) mass is 562 g/mol. The lowest BCUT2D eigenvalue weighted by Gasteiger charge is -2.27. The van der Waals surface area contributed by atoms with Gasteiger partial charge in [-0.25, -0.2) is 13.9 Å². The minimum atomic E-state index is -4.48. The van der Waals surface area contributed by atoms with Crippen LogP contribution in [0.15, 0.2) is 91.1 Å². The highest BCUT2D eigenvalue weighted by Crippen LogP contribution is 2.36. The van der Waals surface area contributed by atoms with Gasteiger partial charge in [0.15, 0.2) is 5.65 Å². The molecule has 0 amide bonds. The van der Waals surface area contributed by atoms with Crippen LogP contribution in [0.2, 0.25) is 0 Å². The number of ether oxygens (including phenoxy) is 1. The number of para-hydroxylation sites is 1. The summed E-state index contributed by atoms with van der Waals surface area (Å²) in [5, 5.41) is 8.09. The molecule has 5 aromatic rings. The van der Waals surface area contributed by atoms with Crippen LogP contribution in [-0.4, -0.2) is 27.7 Å². The summed E-state index contributed by atoms with van der Waals surface area (Å²) in [5.74, 6) is -1.00. The average Bonchev–Trinajstić information content (AvgIpc) is 3.34. The lowest BCUT2D eigenvalue weighted by atomic mass is 9.80. The predicted molar refractivity (Wildman–Crippen MR) is 147 cm³/mol. The van der Waals surface area contributed by atoms with Crippen molar-refractivity contribution in [2.45, 2.75) is 31.5 Å². The Morgan fingerprint density at radius 2 is 1.71 bits per heavy atom. The summed E-state index contributed by atoms with van der Waals surface area (Å²) in [6.45, 7) is 1.90. The molecule has 0 aliphatic rings. The van der Waals surface area contributed by atoms with E-state index in [-0.39, 0.29) is 13.0 Å². The summed E-state index contributed by atoms with van der Waals surface area (Å²) in [6, 6.07) is 21.8. The molecule has 5 rings (SSSR count). The number of nitrogens with one attached hydrogen (secondary N) is 1. The van der Waals surface area contributed by atoms with Crippen LogP contribution in [0.1, 0.15) is 29.4 Å². The van der Waals surface area contributed by atoms with Gasteiger partial charge in [0, 0.05) is 11.9 Å². The van der Waals surface area contributed by atoms with Crippen molar-refractivity contribution in [3.05, 3.63) is 119 Å². The molecule has 1 atom stereocenters. The van der Waals surface area contributed by atoms with Gasteiger partial charge in [-0.15, -0.1) is 0 Å². The van der Waals surface area contributed by atoms with E-state index in [1.165, 1.54) is 42.1 Å². The molecule has 210 valence electrons. The third-order valence-corrected chi connectivity index (χ3v) is 6.97. The summed E-state index contributed by atoms with van der Waals surface area (Å²) < 4.78 is 60.6. The number of carbonyl (C=O) groups excluding carboxylic acids is 1. The van der Waals surface area contributed by atoms with Gasteiger partial charge in [0.2, 0.25) is 0 Å². The van der Waals surface area contributed by atoms with Crippen LogP contribution >= 0.6 is 0 Å². The van der Waals surface area contributed by atoms with Crippen LogP contribution in [-0.2, 0) is 34.1 Å². The number of carbonyl (C=O) groups is 1. The molecule has 2 aromatic heterocycles. The maximum atomic E-state index is 14.0. The number of aromatic nitrogens is 3. The van der Waals surface area contributed by atoms with Crippen LogP contribution < -0.4 is 5.32 Å². The van der Waals surface area contributed by atoms with Crippen molar-refractivity contribution in [1.29, 1.82) is 0 Å². The van der Waals surface area contributed by atoms with Gasteiger partial charge >= 0.3 is 12.1 Å². The van der Waals surface area contributed by atoms with E-state index in [0.717, 1.165) is 17.8 Å². The Labute approximate surface area is 233 Å². The van der Waals surface area contributed by atoms with Crippen molar-refractivity contribution in [2.75, 3.05) is 12.4 Å². The summed E-state index contributed by atoms with van der Waals surface area (Å²) >= 11 is 0. The Balaban J connectivity index is 1.68. The fourth-order valence-corrected chi connectivity index (χ4v) is 4.94. The van der Waals surface area contributed by atoms with Crippen LogP contribution in [0.25, 0.3) is 16.8 Å². The molecular formula is C31H26F4N4O2. The molecule has 0 radical (unpaired) electrons. The molecular weight excluding hydrogens is 536 g/mol. The van der Waals surface area contributed by atoms with Crippen LogP contribution in [0.4, 0.5) is 23.2 Å². The van der Waals surface area contributed by atoms with E-state index in [2.05, 4.69) is 10.3 Å². The maximum absolute atomic E-state index is 14.0. The molecule has 2 heterocycles. The van der Waals surface area contributed by atoms with Crippen molar-refractivity contribution in [2.24, 2.45) is 0 Å². The van der Waals surface area contributed by atoms with Gasteiger partial charge in [-0.3, -0.25) is 4.79 Å². The number of benzene rings is 3. The highest BCUT2D eigenvalue weighted by Gasteiger charge is 2.40. The molecule has 10 heteroatoms. The first-order valence-corrected chi connectivity index (χ1v) is 12.8. The van der Waals surface area contributed by atoms with Crippen LogP contribution in [0.5, 0.6) is 0 Å². The van der Waals surface area contributed by atoms with Crippen LogP contribution in [0.3, 0.4) is 0 Å². The van der Waals surface area contributed by atoms with Crippen molar-refractivity contribution in [3.63, 3.8) is 0 Å². The lowest BCUT2D eigenvalue weighted by Crippen LogP contribution is -2.38. The minimum Gasteiger partial charge on any atom is -0.468 e. The SMILES string of the molecule is COC(=O)[C@](C)(Cc1cccc(F)c1)c1ccnc2c(-c3ccc(C(F)(F)F)cc3)c(CNc3ccccc3)nn12. The minimum absolute atomic E-state index is 0.101. The van der Waals surface area contributed by atoms with Gasteiger partial charge in [-0.05, 0) is 66.9 Å². The van der Waals surface area contributed by atoms with Crippen molar-refractivity contribution >= 4 is 17.3 Å². The molecule has 41 heavy (non-hydrogen) atoms. The quantitative estimate of drug-likeness (QED) is 0.166. The Kier molecular flexibility index (Phi) is 7.49.